The van der Waals surface area contributed by atoms with Crippen LogP contribution in [0.1, 0.15) is 36.7 Å². The number of carbonyl (C=O) groups excluding carboxylic acids is 1. The van der Waals surface area contributed by atoms with Crippen molar-refractivity contribution in [2.45, 2.75) is 27.7 Å². The number of amides is 1. The fraction of sp³-hybridized carbons (Fsp3) is 0.364. The van der Waals surface area contributed by atoms with Gasteiger partial charge >= 0.3 is 0 Å². The van der Waals surface area contributed by atoms with Crippen molar-refractivity contribution in [2.75, 3.05) is 32.2 Å². The van der Waals surface area contributed by atoms with Gasteiger partial charge in [0.05, 0.1) is 31.6 Å². The van der Waals surface area contributed by atoms with Crippen LogP contribution in [0.15, 0.2) is 24.3 Å². The van der Waals surface area contributed by atoms with Gasteiger partial charge in [-0.05, 0) is 51.5 Å². The third-order valence-corrected chi connectivity index (χ3v) is 5.42. The smallest absolute Gasteiger partial charge is 0.257 e. The van der Waals surface area contributed by atoms with Gasteiger partial charge < -0.3 is 18.9 Å². The van der Waals surface area contributed by atoms with Gasteiger partial charge in [0, 0.05) is 5.56 Å². The van der Waals surface area contributed by atoms with Crippen LogP contribution in [-0.4, -0.2) is 37.8 Å². The molecule has 30 heavy (non-hydrogen) atoms. The van der Waals surface area contributed by atoms with Gasteiger partial charge in [-0.1, -0.05) is 17.4 Å². The van der Waals surface area contributed by atoms with E-state index in [2.05, 4.69) is 10.3 Å². The van der Waals surface area contributed by atoms with Gasteiger partial charge in [-0.25, -0.2) is 4.98 Å². The number of fused-ring (bicyclic) bond motifs is 1. The molecule has 8 heteroatoms. The maximum absolute atomic E-state index is 13.0. The van der Waals surface area contributed by atoms with Crippen LogP contribution in [0.3, 0.4) is 0 Å². The molecule has 0 aliphatic carbocycles. The summed E-state index contributed by atoms with van der Waals surface area (Å²) in [7, 11) is 1.60. The van der Waals surface area contributed by atoms with E-state index in [-0.39, 0.29) is 5.91 Å². The molecule has 1 heterocycles. The first-order valence-electron chi connectivity index (χ1n) is 9.84. The predicted molar refractivity (Wildman–Crippen MR) is 119 cm³/mol. The molecule has 1 N–H and O–H groups in total. The largest absolute Gasteiger partial charge is 0.494 e. The van der Waals surface area contributed by atoms with Crippen molar-refractivity contribution in [3.8, 4) is 23.0 Å². The zero-order valence-corrected chi connectivity index (χ0v) is 18.6. The quantitative estimate of drug-likeness (QED) is 0.511. The molecular formula is C22H26N2O5S. The summed E-state index contributed by atoms with van der Waals surface area (Å²) in [6.07, 6.45) is 0. The Morgan fingerprint density at radius 3 is 2.20 bits per heavy atom. The second-order valence-electron chi connectivity index (χ2n) is 6.34. The van der Waals surface area contributed by atoms with Gasteiger partial charge in [0.25, 0.3) is 5.91 Å². The number of hydrogen-bond acceptors (Lipinski definition) is 7. The van der Waals surface area contributed by atoms with Crippen molar-refractivity contribution in [2.24, 2.45) is 0 Å². The number of carbonyl (C=O) groups is 1. The number of thiazole rings is 1. The van der Waals surface area contributed by atoms with Crippen LogP contribution in [0.4, 0.5) is 5.13 Å². The second kappa shape index (κ2) is 9.67. The summed E-state index contributed by atoms with van der Waals surface area (Å²) in [6, 6.07) is 7.16. The van der Waals surface area contributed by atoms with Crippen LogP contribution >= 0.6 is 11.3 Å². The van der Waals surface area contributed by atoms with E-state index in [1.165, 1.54) is 11.3 Å². The number of aryl methyl sites for hydroxylation is 1. The van der Waals surface area contributed by atoms with E-state index in [1.54, 1.807) is 19.2 Å². The van der Waals surface area contributed by atoms with E-state index in [4.69, 9.17) is 18.9 Å². The Hall–Kier alpha value is -3.00. The number of methoxy groups -OCH3 is 1. The minimum absolute atomic E-state index is 0.310. The van der Waals surface area contributed by atoms with E-state index in [0.29, 0.717) is 53.5 Å². The molecule has 0 saturated heterocycles. The Morgan fingerprint density at radius 1 is 1.00 bits per heavy atom. The van der Waals surface area contributed by atoms with E-state index >= 15 is 0 Å². The van der Waals surface area contributed by atoms with E-state index in [1.807, 2.05) is 39.8 Å². The lowest BCUT2D eigenvalue weighted by Gasteiger charge is -2.16. The third-order valence-electron chi connectivity index (χ3n) is 4.32. The Morgan fingerprint density at radius 2 is 1.63 bits per heavy atom. The minimum Gasteiger partial charge on any atom is -0.494 e. The van der Waals surface area contributed by atoms with Crippen molar-refractivity contribution < 1.29 is 23.7 Å². The Labute approximate surface area is 179 Å². The SMILES string of the molecule is CCOc1cc(C(=O)Nc2nc3c(OC)ccc(C)c3s2)cc(OCC)c1OCC. The molecule has 160 valence electrons. The maximum atomic E-state index is 13.0. The molecule has 2 aromatic carbocycles. The summed E-state index contributed by atoms with van der Waals surface area (Å²) in [5.74, 6) is 1.80. The predicted octanol–water partition coefficient (Wildman–Crippen LogP) is 5.06. The first kappa shape index (κ1) is 21.7. The average molecular weight is 431 g/mol. The Kier molecular flexibility index (Phi) is 6.99. The number of ether oxygens (including phenoxy) is 4. The minimum atomic E-state index is -0.310. The molecule has 0 fully saturated rings. The van der Waals surface area contributed by atoms with Crippen LogP contribution in [0.5, 0.6) is 23.0 Å². The number of anilines is 1. The highest BCUT2D eigenvalue weighted by atomic mass is 32.1. The number of nitrogens with one attached hydrogen (secondary N) is 1. The summed E-state index contributed by atoms with van der Waals surface area (Å²) in [6.45, 7) is 8.97. The third kappa shape index (κ3) is 4.43. The monoisotopic (exact) mass is 430 g/mol. The van der Waals surface area contributed by atoms with Gasteiger partial charge in [-0.2, -0.15) is 0 Å². The molecule has 7 nitrogen and oxygen atoms in total. The second-order valence-corrected chi connectivity index (χ2v) is 7.34. The molecule has 0 unspecified atom stereocenters. The number of hydrogen-bond donors (Lipinski definition) is 1. The Balaban J connectivity index is 1.96. The van der Waals surface area contributed by atoms with Gasteiger partial charge in [0.1, 0.15) is 11.3 Å². The number of nitrogens with zero attached hydrogens (tertiary/aromatic N) is 1. The fourth-order valence-electron chi connectivity index (χ4n) is 3.02. The van der Waals surface area contributed by atoms with Crippen LogP contribution in [0.2, 0.25) is 0 Å². The number of rotatable bonds is 9. The standard InChI is InChI=1S/C22H26N2O5S/c1-6-27-16-11-14(12-17(28-7-2)19(16)29-8-3)21(25)24-22-23-18-15(26-5)10-9-13(4)20(18)30-22/h9-12H,6-8H2,1-5H3,(H,23,24,25). The maximum Gasteiger partial charge on any atom is 0.257 e. The van der Waals surface area contributed by atoms with Crippen molar-refractivity contribution in [1.82, 2.24) is 4.98 Å². The lowest BCUT2D eigenvalue weighted by Crippen LogP contribution is -2.13. The van der Waals surface area contributed by atoms with Gasteiger partial charge in [-0.3, -0.25) is 10.1 Å². The zero-order chi connectivity index (χ0) is 21.7. The van der Waals surface area contributed by atoms with Crippen molar-refractivity contribution >= 4 is 32.6 Å². The van der Waals surface area contributed by atoms with Crippen LogP contribution in [0, 0.1) is 6.92 Å². The molecule has 0 bridgehead atoms. The summed E-state index contributed by atoms with van der Waals surface area (Å²) >= 11 is 1.41. The molecule has 1 aromatic heterocycles. The average Bonchev–Trinajstić information content (AvgIpc) is 3.15. The molecule has 0 aliphatic rings. The van der Waals surface area contributed by atoms with Crippen molar-refractivity contribution in [3.05, 3.63) is 35.4 Å². The Bertz CT molecular complexity index is 1020. The summed E-state index contributed by atoms with van der Waals surface area (Å²) in [5.41, 5.74) is 2.20. The molecular weight excluding hydrogens is 404 g/mol. The summed E-state index contributed by atoms with van der Waals surface area (Å²) in [5, 5.41) is 3.37. The first-order valence-corrected chi connectivity index (χ1v) is 10.7. The lowest BCUT2D eigenvalue weighted by molar-refractivity contribution is 0.102. The van der Waals surface area contributed by atoms with E-state index in [9.17, 15) is 4.79 Å². The van der Waals surface area contributed by atoms with E-state index in [0.717, 1.165) is 15.8 Å². The number of benzene rings is 2. The van der Waals surface area contributed by atoms with Gasteiger partial charge in [0.2, 0.25) is 5.75 Å². The first-order chi connectivity index (χ1) is 14.5. The molecule has 0 spiro atoms. The zero-order valence-electron chi connectivity index (χ0n) is 17.8. The highest BCUT2D eigenvalue weighted by Gasteiger charge is 2.20. The van der Waals surface area contributed by atoms with E-state index < -0.39 is 0 Å². The molecule has 1 amide bonds. The van der Waals surface area contributed by atoms with Crippen molar-refractivity contribution in [1.29, 1.82) is 0 Å². The molecule has 0 aliphatic heterocycles. The molecule has 3 rings (SSSR count). The highest BCUT2D eigenvalue weighted by Crippen LogP contribution is 2.40. The van der Waals surface area contributed by atoms with Crippen LogP contribution < -0.4 is 24.3 Å². The van der Waals surface area contributed by atoms with Crippen molar-refractivity contribution in [3.63, 3.8) is 0 Å². The topological polar surface area (TPSA) is 78.9 Å². The number of aromatic nitrogens is 1. The molecule has 0 radical (unpaired) electrons. The molecule has 0 atom stereocenters. The molecule has 3 aromatic rings. The summed E-state index contributed by atoms with van der Waals surface area (Å²) in [4.78, 5) is 17.5. The lowest BCUT2D eigenvalue weighted by atomic mass is 10.1. The normalized spacial score (nSPS) is 10.7. The van der Waals surface area contributed by atoms with Gasteiger partial charge in [-0.15, -0.1) is 0 Å². The van der Waals surface area contributed by atoms with Crippen LogP contribution in [-0.2, 0) is 0 Å². The van der Waals surface area contributed by atoms with Gasteiger partial charge in [0.15, 0.2) is 16.6 Å². The fourth-order valence-corrected chi connectivity index (χ4v) is 3.96. The summed E-state index contributed by atoms with van der Waals surface area (Å²) < 4.78 is 23.5. The highest BCUT2D eigenvalue weighted by molar-refractivity contribution is 7.22. The van der Waals surface area contributed by atoms with Crippen LogP contribution in [0.25, 0.3) is 10.2 Å². The molecule has 0 saturated carbocycles.